The number of benzene rings is 1. The third kappa shape index (κ3) is 3.17. The van der Waals surface area contributed by atoms with Crippen LogP contribution in [0.15, 0.2) is 35.6 Å². The molecule has 0 aliphatic rings. The molecule has 19 heavy (non-hydrogen) atoms. The van der Waals surface area contributed by atoms with E-state index >= 15 is 0 Å². The van der Waals surface area contributed by atoms with Gasteiger partial charge in [-0.1, -0.05) is 36.4 Å². The summed E-state index contributed by atoms with van der Waals surface area (Å²) in [6, 6.07) is 8.14. The van der Waals surface area contributed by atoms with Crippen molar-refractivity contribution in [3.63, 3.8) is 0 Å². The number of imidazole rings is 1. The van der Waals surface area contributed by atoms with E-state index in [0.29, 0.717) is 0 Å². The minimum absolute atomic E-state index is 0.0199. The van der Waals surface area contributed by atoms with E-state index in [9.17, 15) is 4.79 Å². The monoisotopic (exact) mass is 276 g/mol. The van der Waals surface area contributed by atoms with Crippen molar-refractivity contribution in [2.75, 3.05) is 5.75 Å². The fraction of sp³-hybridized carbons (Fsp3) is 0.286. The van der Waals surface area contributed by atoms with Crippen LogP contribution in [0.1, 0.15) is 18.2 Å². The summed E-state index contributed by atoms with van der Waals surface area (Å²) in [6.07, 6.45) is 2.67. The van der Waals surface area contributed by atoms with Gasteiger partial charge in [0.05, 0.1) is 5.75 Å². The van der Waals surface area contributed by atoms with E-state index in [-0.39, 0.29) is 5.75 Å². The highest BCUT2D eigenvalue weighted by Gasteiger charge is 2.12. The first-order valence-electron chi connectivity index (χ1n) is 6.10. The van der Waals surface area contributed by atoms with Crippen LogP contribution in [0.3, 0.4) is 0 Å². The minimum Gasteiger partial charge on any atom is -0.481 e. The third-order valence-electron chi connectivity index (χ3n) is 2.78. The predicted molar refractivity (Wildman–Crippen MR) is 76.0 cm³/mol. The molecule has 2 aromatic rings. The quantitative estimate of drug-likeness (QED) is 0.853. The van der Waals surface area contributed by atoms with Crippen LogP contribution in [0.2, 0.25) is 0 Å². The lowest BCUT2D eigenvalue weighted by molar-refractivity contribution is -0.133. The van der Waals surface area contributed by atoms with Gasteiger partial charge in [0.2, 0.25) is 0 Å². The van der Waals surface area contributed by atoms with Crippen LogP contribution in [0.25, 0.3) is 5.69 Å². The maximum absolute atomic E-state index is 10.7. The number of hydrogen-bond donors (Lipinski definition) is 1. The van der Waals surface area contributed by atoms with Gasteiger partial charge in [0.15, 0.2) is 5.16 Å². The Balaban J connectivity index is 2.38. The highest BCUT2D eigenvalue weighted by atomic mass is 32.2. The Bertz CT molecular complexity index is 576. The molecule has 0 atom stereocenters. The number of nitrogens with zero attached hydrogens (tertiary/aromatic N) is 2. The van der Waals surface area contributed by atoms with Crippen molar-refractivity contribution >= 4 is 17.7 Å². The third-order valence-corrected chi connectivity index (χ3v) is 3.72. The van der Waals surface area contributed by atoms with Crippen molar-refractivity contribution in [1.29, 1.82) is 0 Å². The smallest absolute Gasteiger partial charge is 0.313 e. The first kappa shape index (κ1) is 13.7. The van der Waals surface area contributed by atoms with Crippen LogP contribution >= 0.6 is 11.8 Å². The number of aliphatic carboxylic acids is 1. The molecule has 1 N–H and O–H groups in total. The Morgan fingerprint density at radius 3 is 2.63 bits per heavy atom. The zero-order valence-corrected chi connectivity index (χ0v) is 11.8. The first-order valence-corrected chi connectivity index (χ1v) is 7.08. The Labute approximate surface area is 116 Å². The lowest BCUT2D eigenvalue weighted by atomic mass is 10.2. The molecular formula is C14H16N2O2S. The summed E-state index contributed by atoms with van der Waals surface area (Å²) in [5.74, 6) is -0.812. The second kappa shape index (κ2) is 5.93. The van der Waals surface area contributed by atoms with E-state index in [1.807, 2.05) is 42.0 Å². The van der Waals surface area contributed by atoms with Gasteiger partial charge in [-0.25, -0.2) is 4.98 Å². The SMILES string of the molecule is CCc1cnc(SCC(=O)O)n1-c1ccc(C)cc1. The lowest BCUT2D eigenvalue weighted by Gasteiger charge is -2.10. The van der Waals surface area contributed by atoms with Gasteiger partial charge in [0.1, 0.15) is 0 Å². The van der Waals surface area contributed by atoms with E-state index in [0.717, 1.165) is 23.0 Å². The Kier molecular flexibility index (Phi) is 4.27. The fourth-order valence-electron chi connectivity index (χ4n) is 1.82. The molecule has 0 aliphatic carbocycles. The molecule has 1 aromatic carbocycles. The maximum Gasteiger partial charge on any atom is 0.313 e. The Morgan fingerprint density at radius 2 is 2.05 bits per heavy atom. The van der Waals surface area contributed by atoms with Crippen LogP contribution in [-0.2, 0) is 11.2 Å². The molecule has 4 nitrogen and oxygen atoms in total. The van der Waals surface area contributed by atoms with Crippen molar-refractivity contribution in [3.05, 3.63) is 41.7 Å². The second-order valence-electron chi connectivity index (χ2n) is 4.24. The molecule has 1 heterocycles. The minimum atomic E-state index is -0.832. The molecule has 0 saturated carbocycles. The van der Waals surface area contributed by atoms with Gasteiger partial charge >= 0.3 is 5.97 Å². The molecule has 2 rings (SSSR count). The molecule has 0 fully saturated rings. The van der Waals surface area contributed by atoms with Gasteiger partial charge in [-0.2, -0.15) is 0 Å². The summed E-state index contributed by atoms with van der Waals surface area (Å²) in [5.41, 5.74) is 3.30. The Morgan fingerprint density at radius 1 is 1.37 bits per heavy atom. The van der Waals surface area contributed by atoms with E-state index in [2.05, 4.69) is 11.9 Å². The molecule has 1 aromatic heterocycles. The second-order valence-corrected chi connectivity index (χ2v) is 5.18. The zero-order valence-electron chi connectivity index (χ0n) is 11.0. The molecule has 5 heteroatoms. The van der Waals surface area contributed by atoms with Crippen LogP contribution in [0, 0.1) is 6.92 Å². The van der Waals surface area contributed by atoms with E-state index in [1.165, 1.54) is 17.3 Å². The summed E-state index contributed by atoms with van der Waals surface area (Å²) in [6.45, 7) is 4.10. The number of aryl methyl sites for hydroxylation is 2. The molecule has 100 valence electrons. The molecule has 0 unspecified atom stereocenters. The highest BCUT2D eigenvalue weighted by Crippen LogP contribution is 2.23. The van der Waals surface area contributed by atoms with Gasteiger partial charge in [-0.3, -0.25) is 9.36 Å². The Hall–Kier alpha value is -1.75. The topological polar surface area (TPSA) is 55.1 Å². The highest BCUT2D eigenvalue weighted by molar-refractivity contribution is 7.99. The molecule has 0 bridgehead atoms. The summed E-state index contributed by atoms with van der Waals surface area (Å²) in [4.78, 5) is 15.0. The van der Waals surface area contributed by atoms with Crippen molar-refractivity contribution in [2.24, 2.45) is 0 Å². The molecular weight excluding hydrogens is 260 g/mol. The van der Waals surface area contributed by atoms with E-state index in [1.54, 1.807) is 0 Å². The average molecular weight is 276 g/mol. The molecule has 0 aliphatic heterocycles. The van der Waals surface area contributed by atoms with Gasteiger partial charge in [0.25, 0.3) is 0 Å². The van der Waals surface area contributed by atoms with Crippen LogP contribution in [0.4, 0.5) is 0 Å². The van der Waals surface area contributed by atoms with Crippen LogP contribution in [0.5, 0.6) is 0 Å². The standard InChI is InChI=1S/C14H16N2O2S/c1-3-11-8-15-14(19-9-13(17)18)16(11)12-6-4-10(2)5-7-12/h4-8H,3,9H2,1-2H3,(H,17,18). The number of carboxylic acid groups (broad SMARTS) is 1. The molecule has 0 saturated heterocycles. The van der Waals surface area contributed by atoms with Crippen LogP contribution < -0.4 is 0 Å². The molecule has 0 amide bonds. The van der Waals surface area contributed by atoms with Gasteiger partial charge < -0.3 is 5.11 Å². The number of thioether (sulfide) groups is 1. The van der Waals surface area contributed by atoms with E-state index < -0.39 is 5.97 Å². The average Bonchev–Trinajstić information content (AvgIpc) is 2.80. The van der Waals surface area contributed by atoms with Crippen molar-refractivity contribution in [1.82, 2.24) is 9.55 Å². The summed E-state index contributed by atoms with van der Waals surface area (Å²) in [7, 11) is 0. The van der Waals surface area contributed by atoms with Crippen LogP contribution in [-0.4, -0.2) is 26.4 Å². The normalized spacial score (nSPS) is 10.6. The predicted octanol–water partition coefficient (Wildman–Crippen LogP) is 2.92. The van der Waals surface area contributed by atoms with Gasteiger partial charge in [0, 0.05) is 17.6 Å². The number of aromatic nitrogens is 2. The van der Waals surface area contributed by atoms with Crippen molar-refractivity contribution < 1.29 is 9.90 Å². The summed E-state index contributed by atoms with van der Waals surface area (Å²) < 4.78 is 2.02. The summed E-state index contributed by atoms with van der Waals surface area (Å²) in [5, 5.41) is 9.50. The molecule has 0 spiro atoms. The molecule has 0 radical (unpaired) electrons. The lowest BCUT2D eigenvalue weighted by Crippen LogP contribution is -2.04. The van der Waals surface area contributed by atoms with Gasteiger partial charge in [-0.15, -0.1) is 0 Å². The first-order chi connectivity index (χ1) is 9.11. The number of carboxylic acids is 1. The van der Waals surface area contributed by atoms with Crippen molar-refractivity contribution in [2.45, 2.75) is 25.4 Å². The summed E-state index contributed by atoms with van der Waals surface area (Å²) >= 11 is 1.24. The van der Waals surface area contributed by atoms with Gasteiger partial charge in [-0.05, 0) is 25.5 Å². The number of carbonyl (C=O) groups is 1. The largest absolute Gasteiger partial charge is 0.481 e. The zero-order chi connectivity index (χ0) is 13.8. The maximum atomic E-state index is 10.7. The number of hydrogen-bond acceptors (Lipinski definition) is 3. The van der Waals surface area contributed by atoms with Crippen molar-refractivity contribution in [3.8, 4) is 5.69 Å². The number of rotatable bonds is 5. The fourth-order valence-corrected chi connectivity index (χ4v) is 2.55. The van der Waals surface area contributed by atoms with E-state index in [4.69, 9.17) is 5.11 Å².